The number of thioether (sulfide) groups is 1. The summed E-state index contributed by atoms with van der Waals surface area (Å²) in [5.41, 5.74) is 0.462. The van der Waals surface area contributed by atoms with E-state index in [1.54, 1.807) is 12.1 Å². The molecular formula is C19H20N2O6S. The monoisotopic (exact) mass is 404 g/mol. The van der Waals surface area contributed by atoms with Gasteiger partial charge in [-0.1, -0.05) is 19.1 Å². The van der Waals surface area contributed by atoms with Crippen molar-refractivity contribution in [2.24, 2.45) is 0 Å². The van der Waals surface area contributed by atoms with Crippen LogP contribution in [-0.4, -0.2) is 35.8 Å². The lowest BCUT2D eigenvalue weighted by Crippen LogP contribution is -2.30. The Kier molecular flexibility index (Phi) is 7.39. The molecule has 0 aromatic heterocycles. The van der Waals surface area contributed by atoms with Crippen molar-refractivity contribution in [2.45, 2.75) is 24.8 Å². The molecule has 0 aliphatic carbocycles. The van der Waals surface area contributed by atoms with Gasteiger partial charge in [0, 0.05) is 11.0 Å². The van der Waals surface area contributed by atoms with Gasteiger partial charge >= 0.3 is 5.97 Å². The zero-order chi connectivity index (χ0) is 20.7. The number of hydrogen-bond donors (Lipinski definition) is 1. The van der Waals surface area contributed by atoms with E-state index in [1.807, 2.05) is 19.1 Å². The number of hydrogen-bond acceptors (Lipinski definition) is 7. The number of nitro groups is 1. The summed E-state index contributed by atoms with van der Waals surface area (Å²) < 4.78 is 10.4. The Morgan fingerprint density at radius 2 is 1.96 bits per heavy atom. The number of rotatable bonds is 8. The van der Waals surface area contributed by atoms with E-state index in [0.29, 0.717) is 5.56 Å². The Balaban J connectivity index is 2.09. The predicted molar refractivity (Wildman–Crippen MR) is 106 cm³/mol. The summed E-state index contributed by atoms with van der Waals surface area (Å²) in [4.78, 5) is 35.9. The van der Waals surface area contributed by atoms with Crippen LogP contribution in [0.25, 0.3) is 0 Å². The maximum absolute atomic E-state index is 12.4. The lowest BCUT2D eigenvalue weighted by molar-refractivity contribution is -0.384. The van der Waals surface area contributed by atoms with E-state index >= 15 is 0 Å². The van der Waals surface area contributed by atoms with E-state index in [2.05, 4.69) is 5.32 Å². The number of nitrogens with one attached hydrogen (secondary N) is 1. The molecule has 1 N–H and O–H groups in total. The van der Waals surface area contributed by atoms with Crippen LogP contribution in [0.4, 0.5) is 11.4 Å². The van der Waals surface area contributed by atoms with Gasteiger partial charge in [0.2, 0.25) is 0 Å². The zero-order valence-electron chi connectivity index (χ0n) is 15.6. The molecule has 9 heteroatoms. The molecule has 0 heterocycles. The van der Waals surface area contributed by atoms with Crippen LogP contribution < -0.4 is 10.1 Å². The van der Waals surface area contributed by atoms with Gasteiger partial charge in [0.05, 0.1) is 29.4 Å². The van der Waals surface area contributed by atoms with Gasteiger partial charge < -0.3 is 14.8 Å². The maximum atomic E-state index is 12.4. The number of carbonyl (C=O) groups is 2. The lowest BCUT2D eigenvalue weighted by Gasteiger charge is -2.16. The molecule has 1 amide bonds. The summed E-state index contributed by atoms with van der Waals surface area (Å²) in [5, 5.41) is 13.4. The Morgan fingerprint density at radius 3 is 2.61 bits per heavy atom. The average molecular weight is 404 g/mol. The molecule has 0 radical (unpaired) electrons. The highest BCUT2D eigenvalue weighted by molar-refractivity contribution is 7.99. The fourth-order valence-electron chi connectivity index (χ4n) is 2.33. The molecule has 0 unspecified atom stereocenters. The third-order valence-corrected chi connectivity index (χ3v) is 4.67. The number of methoxy groups -OCH3 is 1. The summed E-state index contributed by atoms with van der Waals surface area (Å²) in [6.07, 6.45) is -1.08. The molecule has 2 aromatic rings. The largest absolute Gasteiger partial charge is 0.494 e. The van der Waals surface area contributed by atoms with E-state index in [1.165, 1.54) is 44.0 Å². The Morgan fingerprint density at radius 1 is 1.25 bits per heavy atom. The third-order valence-electron chi connectivity index (χ3n) is 3.71. The van der Waals surface area contributed by atoms with Crippen LogP contribution in [0.15, 0.2) is 47.4 Å². The van der Waals surface area contributed by atoms with Crippen molar-refractivity contribution in [1.29, 1.82) is 0 Å². The van der Waals surface area contributed by atoms with Crippen molar-refractivity contribution in [3.8, 4) is 5.75 Å². The fraction of sp³-hybridized carbons (Fsp3) is 0.263. The molecular weight excluding hydrogens is 384 g/mol. The van der Waals surface area contributed by atoms with Crippen molar-refractivity contribution in [1.82, 2.24) is 0 Å². The smallest absolute Gasteiger partial charge is 0.340 e. The normalized spacial score (nSPS) is 11.4. The number of nitro benzene ring substituents is 1. The van der Waals surface area contributed by atoms with E-state index in [4.69, 9.17) is 9.47 Å². The van der Waals surface area contributed by atoms with Crippen LogP contribution >= 0.6 is 11.8 Å². The molecule has 28 heavy (non-hydrogen) atoms. The van der Waals surface area contributed by atoms with E-state index in [9.17, 15) is 19.7 Å². The van der Waals surface area contributed by atoms with Crippen LogP contribution in [0.1, 0.15) is 24.2 Å². The first kappa shape index (κ1) is 21.2. The number of esters is 1. The van der Waals surface area contributed by atoms with Gasteiger partial charge in [-0.3, -0.25) is 14.9 Å². The average Bonchev–Trinajstić information content (AvgIpc) is 2.68. The number of non-ortho nitro benzene ring substituents is 1. The lowest BCUT2D eigenvalue weighted by atomic mass is 10.2. The van der Waals surface area contributed by atoms with Crippen molar-refractivity contribution >= 4 is 35.0 Å². The van der Waals surface area contributed by atoms with Crippen molar-refractivity contribution in [3.05, 3.63) is 58.1 Å². The minimum Gasteiger partial charge on any atom is -0.494 e. The van der Waals surface area contributed by atoms with Crippen molar-refractivity contribution < 1.29 is 24.0 Å². The topological polar surface area (TPSA) is 108 Å². The molecule has 1 atom stereocenters. The number of nitrogens with zero attached hydrogens (tertiary/aromatic N) is 1. The summed E-state index contributed by atoms with van der Waals surface area (Å²) in [7, 11) is 1.33. The standard InChI is InChI=1S/C19H20N2O6S/c1-4-28-17-8-6-5-7-14(17)19(23)27-12(2)18(22)20-15-10-9-13(21(24)25)11-16(15)26-3/h5-12H,4H2,1-3H3,(H,20,22)/t12-/m0/s1. The summed E-state index contributed by atoms with van der Waals surface area (Å²) >= 11 is 1.50. The third kappa shape index (κ3) is 5.23. The first-order valence-corrected chi connectivity index (χ1v) is 9.42. The van der Waals surface area contributed by atoms with E-state index < -0.39 is 22.9 Å². The van der Waals surface area contributed by atoms with E-state index in [0.717, 1.165) is 10.6 Å². The quantitative estimate of drug-likeness (QED) is 0.308. The number of anilines is 1. The summed E-state index contributed by atoms with van der Waals surface area (Å²) in [5.74, 6) is -0.262. The first-order chi connectivity index (χ1) is 13.4. The van der Waals surface area contributed by atoms with Crippen molar-refractivity contribution in [3.63, 3.8) is 0 Å². The molecule has 148 valence electrons. The molecule has 0 aliphatic heterocycles. The highest BCUT2D eigenvalue weighted by atomic mass is 32.2. The maximum Gasteiger partial charge on any atom is 0.340 e. The molecule has 0 bridgehead atoms. The van der Waals surface area contributed by atoms with E-state index in [-0.39, 0.29) is 17.1 Å². The SMILES string of the molecule is CCSc1ccccc1C(=O)O[C@@H](C)C(=O)Nc1ccc([N+](=O)[O-])cc1OC. The van der Waals surface area contributed by atoms with Gasteiger partial charge in [-0.2, -0.15) is 0 Å². The summed E-state index contributed by atoms with van der Waals surface area (Å²) in [6, 6.07) is 10.8. The highest BCUT2D eigenvalue weighted by Crippen LogP contribution is 2.29. The first-order valence-electron chi connectivity index (χ1n) is 8.43. The molecule has 0 spiro atoms. The zero-order valence-corrected chi connectivity index (χ0v) is 16.4. The van der Waals surface area contributed by atoms with Crippen molar-refractivity contribution in [2.75, 3.05) is 18.2 Å². The number of benzene rings is 2. The van der Waals surface area contributed by atoms with Crippen LogP contribution in [0, 0.1) is 10.1 Å². The Hall–Kier alpha value is -3.07. The molecule has 8 nitrogen and oxygen atoms in total. The van der Waals surface area contributed by atoms with Gasteiger partial charge in [0.25, 0.3) is 11.6 Å². The van der Waals surface area contributed by atoms with Gasteiger partial charge in [0.15, 0.2) is 6.10 Å². The molecule has 0 saturated carbocycles. The predicted octanol–water partition coefficient (Wildman–Crippen LogP) is 3.90. The summed E-state index contributed by atoms with van der Waals surface area (Å²) in [6.45, 7) is 3.42. The Labute approximate surface area is 166 Å². The van der Waals surface area contributed by atoms with Gasteiger partial charge in [0.1, 0.15) is 5.75 Å². The fourth-order valence-corrected chi connectivity index (χ4v) is 3.12. The molecule has 0 fully saturated rings. The molecule has 0 saturated heterocycles. The molecule has 2 rings (SSSR count). The molecule has 0 aliphatic rings. The second kappa shape index (κ2) is 9.75. The molecule has 2 aromatic carbocycles. The van der Waals surface area contributed by atoms with Gasteiger partial charge in [-0.15, -0.1) is 11.8 Å². The van der Waals surface area contributed by atoms with Crippen LogP contribution in [0.3, 0.4) is 0 Å². The minimum atomic E-state index is -1.08. The van der Waals surface area contributed by atoms with Crippen LogP contribution in [0.5, 0.6) is 5.75 Å². The number of ether oxygens (including phenoxy) is 2. The Bertz CT molecular complexity index is 886. The number of carbonyl (C=O) groups excluding carboxylic acids is 2. The highest BCUT2D eigenvalue weighted by Gasteiger charge is 2.22. The van der Waals surface area contributed by atoms with Crippen LogP contribution in [0.2, 0.25) is 0 Å². The number of amides is 1. The van der Waals surface area contributed by atoms with Gasteiger partial charge in [-0.05, 0) is 30.9 Å². The van der Waals surface area contributed by atoms with Gasteiger partial charge in [-0.25, -0.2) is 4.79 Å². The minimum absolute atomic E-state index is 0.130. The second-order valence-corrected chi connectivity index (χ2v) is 6.91. The second-order valence-electron chi connectivity index (χ2n) is 5.61. The van der Waals surface area contributed by atoms with Crippen LogP contribution in [-0.2, 0) is 9.53 Å².